The molecule has 0 unspecified atom stereocenters. The summed E-state index contributed by atoms with van der Waals surface area (Å²) in [5.74, 6) is -0.0849. The monoisotopic (exact) mass is 328 g/mol. The van der Waals surface area contributed by atoms with Gasteiger partial charge in [0.2, 0.25) is 5.91 Å². The van der Waals surface area contributed by atoms with Crippen molar-refractivity contribution in [3.8, 4) is 11.3 Å². The van der Waals surface area contributed by atoms with Crippen LogP contribution in [0, 0.1) is 11.6 Å². The molecule has 0 saturated carbocycles. The van der Waals surface area contributed by atoms with Crippen molar-refractivity contribution in [2.24, 2.45) is 0 Å². The van der Waals surface area contributed by atoms with Crippen LogP contribution < -0.4 is 5.32 Å². The number of oxazole rings is 1. The first kappa shape index (κ1) is 15.9. The summed E-state index contributed by atoms with van der Waals surface area (Å²) in [5, 5.41) is 2.61. The molecule has 3 aromatic rings. The van der Waals surface area contributed by atoms with Crippen molar-refractivity contribution in [3.63, 3.8) is 0 Å². The third kappa shape index (κ3) is 4.04. The molecule has 0 bridgehead atoms. The fourth-order valence-electron chi connectivity index (χ4n) is 2.18. The quantitative estimate of drug-likeness (QED) is 0.764. The van der Waals surface area contributed by atoms with Crippen molar-refractivity contribution < 1.29 is 18.0 Å². The van der Waals surface area contributed by atoms with E-state index in [1.54, 1.807) is 18.2 Å². The van der Waals surface area contributed by atoms with Crippen LogP contribution in [0.25, 0.3) is 11.3 Å². The van der Waals surface area contributed by atoms with Crippen molar-refractivity contribution >= 4 is 11.6 Å². The Labute approximate surface area is 137 Å². The number of hydrogen-bond donors (Lipinski definition) is 1. The van der Waals surface area contributed by atoms with Gasteiger partial charge in [0.1, 0.15) is 11.6 Å². The fourth-order valence-corrected chi connectivity index (χ4v) is 2.18. The molecule has 24 heavy (non-hydrogen) atoms. The Morgan fingerprint density at radius 3 is 2.62 bits per heavy atom. The molecule has 0 aliphatic rings. The molecule has 1 heterocycles. The topological polar surface area (TPSA) is 55.1 Å². The fraction of sp³-hybridized carbons (Fsp3) is 0.111. The number of aromatic nitrogens is 1. The molecule has 2 aromatic carbocycles. The van der Waals surface area contributed by atoms with E-state index >= 15 is 0 Å². The second-order valence-corrected chi connectivity index (χ2v) is 5.18. The maximum Gasteiger partial charge on any atom is 0.224 e. The number of benzene rings is 2. The Balaban J connectivity index is 1.57. The molecule has 0 saturated heterocycles. The summed E-state index contributed by atoms with van der Waals surface area (Å²) in [7, 11) is 0. The highest BCUT2D eigenvalue weighted by molar-refractivity contribution is 5.90. The number of carbonyl (C=O) groups excluding carboxylic acids is 1. The van der Waals surface area contributed by atoms with Gasteiger partial charge >= 0.3 is 0 Å². The lowest BCUT2D eigenvalue weighted by molar-refractivity contribution is -0.116. The van der Waals surface area contributed by atoms with Crippen LogP contribution in [0.15, 0.2) is 59.1 Å². The molecule has 0 fully saturated rings. The van der Waals surface area contributed by atoms with E-state index in [0.29, 0.717) is 29.3 Å². The van der Waals surface area contributed by atoms with Gasteiger partial charge in [0, 0.05) is 24.1 Å². The highest BCUT2D eigenvalue weighted by Crippen LogP contribution is 2.21. The molecular formula is C18H14F2N2O2. The summed E-state index contributed by atoms with van der Waals surface area (Å²) in [4.78, 5) is 16.0. The van der Waals surface area contributed by atoms with Gasteiger partial charge in [0.15, 0.2) is 11.7 Å². The van der Waals surface area contributed by atoms with Gasteiger partial charge in [-0.2, -0.15) is 0 Å². The first-order valence-electron chi connectivity index (χ1n) is 7.36. The molecule has 4 nitrogen and oxygen atoms in total. The van der Waals surface area contributed by atoms with Crippen molar-refractivity contribution in [3.05, 3.63) is 72.3 Å². The molecule has 1 amide bonds. The van der Waals surface area contributed by atoms with E-state index in [9.17, 15) is 13.6 Å². The normalized spacial score (nSPS) is 10.6. The van der Waals surface area contributed by atoms with Crippen LogP contribution in [0.5, 0.6) is 0 Å². The van der Waals surface area contributed by atoms with Crippen LogP contribution >= 0.6 is 0 Å². The summed E-state index contributed by atoms with van der Waals surface area (Å²) >= 11 is 0. The van der Waals surface area contributed by atoms with E-state index in [-0.39, 0.29) is 18.1 Å². The first-order valence-corrected chi connectivity index (χ1v) is 7.36. The van der Waals surface area contributed by atoms with E-state index in [0.717, 1.165) is 0 Å². The molecular weight excluding hydrogens is 314 g/mol. The van der Waals surface area contributed by atoms with E-state index in [2.05, 4.69) is 10.3 Å². The smallest absolute Gasteiger partial charge is 0.224 e. The largest absolute Gasteiger partial charge is 0.441 e. The highest BCUT2D eigenvalue weighted by Gasteiger charge is 2.09. The first-order chi connectivity index (χ1) is 11.6. The lowest BCUT2D eigenvalue weighted by Crippen LogP contribution is -2.12. The molecule has 1 aromatic heterocycles. The molecule has 6 heteroatoms. The predicted molar refractivity (Wildman–Crippen MR) is 85.2 cm³/mol. The van der Waals surface area contributed by atoms with Gasteiger partial charge in [0.25, 0.3) is 0 Å². The van der Waals surface area contributed by atoms with Gasteiger partial charge in [0.05, 0.1) is 6.20 Å². The third-order valence-corrected chi connectivity index (χ3v) is 3.36. The van der Waals surface area contributed by atoms with Crippen LogP contribution in [0.3, 0.4) is 0 Å². The summed E-state index contributed by atoms with van der Waals surface area (Å²) < 4.78 is 31.5. The second kappa shape index (κ2) is 7.04. The molecule has 0 aliphatic heterocycles. The van der Waals surface area contributed by atoms with E-state index in [4.69, 9.17) is 4.42 Å². The number of rotatable bonds is 5. The number of anilines is 1. The van der Waals surface area contributed by atoms with Crippen molar-refractivity contribution in [1.29, 1.82) is 0 Å². The standard InChI is InChI=1S/C18H14F2N2O2/c19-13-6-4-12(5-7-13)16-11-21-18(24-16)9-8-17(23)22-15-3-1-2-14(20)10-15/h1-7,10-11H,8-9H2,(H,22,23). The zero-order chi connectivity index (χ0) is 16.9. The van der Waals surface area contributed by atoms with E-state index in [1.165, 1.54) is 36.5 Å². The average molecular weight is 328 g/mol. The number of nitrogens with zero attached hydrogens (tertiary/aromatic N) is 1. The van der Waals surface area contributed by atoms with Gasteiger partial charge in [-0.15, -0.1) is 0 Å². The highest BCUT2D eigenvalue weighted by atomic mass is 19.1. The Kier molecular flexibility index (Phi) is 4.65. The number of hydrogen-bond acceptors (Lipinski definition) is 3. The zero-order valence-corrected chi connectivity index (χ0v) is 12.6. The minimum atomic E-state index is -0.413. The summed E-state index contributed by atoms with van der Waals surface area (Å²) in [5.41, 5.74) is 1.11. The lowest BCUT2D eigenvalue weighted by Gasteiger charge is -2.04. The Hall–Kier alpha value is -3.02. The van der Waals surface area contributed by atoms with Crippen molar-refractivity contribution in [2.75, 3.05) is 5.32 Å². The molecule has 0 aliphatic carbocycles. The SMILES string of the molecule is O=C(CCc1ncc(-c2ccc(F)cc2)o1)Nc1cccc(F)c1. The van der Waals surface area contributed by atoms with Crippen LogP contribution in [-0.4, -0.2) is 10.9 Å². The van der Waals surface area contributed by atoms with Crippen LogP contribution in [-0.2, 0) is 11.2 Å². The third-order valence-electron chi connectivity index (χ3n) is 3.36. The maximum absolute atomic E-state index is 13.1. The van der Waals surface area contributed by atoms with E-state index in [1.807, 2.05) is 0 Å². The number of aryl methyl sites for hydroxylation is 1. The summed E-state index contributed by atoms with van der Waals surface area (Å²) in [6.07, 6.45) is 2.00. The number of nitrogens with one attached hydrogen (secondary N) is 1. The zero-order valence-electron chi connectivity index (χ0n) is 12.6. The summed E-state index contributed by atoms with van der Waals surface area (Å²) in [6, 6.07) is 11.5. The molecule has 0 radical (unpaired) electrons. The maximum atomic E-state index is 13.1. The van der Waals surface area contributed by atoms with Crippen LogP contribution in [0.1, 0.15) is 12.3 Å². The van der Waals surface area contributed by atoms with Gasteiger partial charge in [-0.1, -0.05) is 6.07 Å². The number of carbonyl (C=O) groups is 1. The molecule has 122 valence electrons. The second-order valence-electron chi connectivity index (χ2n) is 5.18. The van der Waals surface area contributed by atoms with Crippen molar-refractivity contribution in [1.82, 2.24) is 4.98 Å². The lowest BCUT2D eigenvalue weighted by atomic mass is 10.2. The van der Waals surface area contributed by atoms with Crippen LogP contribution in [0.2, 0.25) is 0 Å². The number of halogens is 2. The van der Waals surface area contributed by atoms with Crippen molar-refractivity contribution in [2.45, 2.75) is 12.8 Å². The Bertz CT molecular complexity index is 844. The average Bonchev–Trinajstić information content (AvgIpc) is 3.03. The van der Waals surface area contributed by atoms with Crippen LogP contribution in [0.4, 0.5) is 14.5 Å². The molecule has 0 atom stereocenters. The van der Waals surface area contributed by atoms with Gasteiger partial charge in [-0.25, -0.2) is 13.8 Å². The molecule has 3 rings (SSSR count). The Morgan fingerprint density at radius 1 is 1.08 bits per heavy atom. The number of amides is 1. The molecule has 1 N–H and O–H groups in total. The van der Waals surface area contributed by atoms with Gasteiger partial charge in [-0.05, 0) is 42.5 Å². The van der Waals surface area contributed by atoms with Gasteiger partial charge < -0.3 is 9.73 Å². The van der Waals surface area contributed by atoms with Gasteiger partial charge in [-0.3, -0.25) is 4.79 Å². The minimum absolute atomic E-state index is 0.153. The Morgan fingerprint density at radius 2 is 1.88 bits per heavy atom. The predicted octanol–water partition coefficient (Wildman–Crippen LogP) is 4.19. The van der Waals surface area contributed by atoms with E-state index < -0.39 is 5.82 Å². The molecule has 0 spiro atoms. The minimum Gasteiger partial charge on any atom is -0.441 e. The summed E-state index contributed by atoms with van der Waals surface area (Å²) in [6.45, 7) is 0.